The average molecular weight is 474 g/mol. The van der Waals surface area contributed by atoms with Gasteiger partial charge in [0, 0.05) is 41.4 Å². The highest BCUT2D eigenvalue weighted by atomic mass is 16.6. The summed E-state index contributed by atoms with van der Waals surface area (Å²) in [5.74, 6) is -0.434. The third-order valence-corrected chi connectivity index (χ3v) is 6.81. The lowest BCUT2D eigenvalue weighted by Crippen LogP contribution is -2.47. The molecule has 2 bridgehead atoms. The molecule has 9 heteroatoms. The minimum Gasteiger partial charge on any atom is -0.490 e. The lowest BCUT2D eigenvalue weighted by Gasteiger charge is -2.37. The van der Waals surface area contributed by atoms with E-state index in [1.807, 2.05) is 6.92 Å². The van der Waals surface area contributed by atoms with Gasteiger partial charge in [0.15, 0.2) is 0 Å². The van der Waals surface area contributed by atoms with E-state index >= 15 is 0 Å². The number of methoxy groups -OCH3 is 2. The zero-order valence-electron chi connectivity index (χ0n) is 20.7. The summed E-state index contributed by atoms with van der Waals surface area (Å²) in [6, 6.07) is 6.86. The maximum atomic E-state index is 13.4. The number of rotatable bonds is 2. The summed E-state index contributed by atoms with van der Waals surface area (Å²) in [7, 11) is 6.62. The number of hydrogen-bond donors (Lipinski definition) is 0. The minimum atomic E-state index is -0.488. The summed E-state index contributed by atoms with van der Waals surface area (Å²) in [5.41, 5.74) is 0.636. The van der Waals surface area contributed by atoms with E-state index in [1.54, 1.807) is 38.2 Å². The van der Waals surface area contributed by atoms with Crippen LogP contribution in [0.15, 0.2) is 18.2 Å². The molecule has 0 unspecified atom stereocenters. The van der Waals surface area contributed by atoms with Gasteiger partial charge in [0.25, 0.3) is 5.91 Å². The van der Waals surface area contributed by atoms with Crippen molar-refractivity contribution < 1.29 is 28.5 Å². The number of nitrogens with zero attached hydrogens (tertiary/aromatic N) is 3. The molecule has 186 valence electrons. The second kappa shape index (κ2) is 11.6. The maximum Gasteiger partial charge on any atom is 0.257 e. The highest BCUT2D eigenvalue weighted by Crippen LogP contribution is 2.28. The summed E-state index contributed by atoms with van der Waals surface area (Å²) in [4.78, 5) is 29.7. The fourth-order valence-electron chi connectivity index (χ4n) is 4.58. The molecule has 9 nitrogen and oxygen atoms in total. The maximum absolute atomic E-state index is 13.4. The Morgan fingerprint density at radius 1 is 1.06 bits per heavy atom. The van der Waals surface area contributed by atoms with Crippen molar-refractivity contribution in [3.05, 3.63) is 29.3 Å². The van der Waals surface area contributed by atoms with E-state index < -0.39 is 12.0 Å². The van der Waals surface area contributed by atoms with E-state index in [-0.39, 0.29) is 48.8 Å². The summed E-state index contributed by atoms with van der Waals surface area (Å²) >= 11 is 0. The second-order valence-electron chi connectivity index (χ2n) is 9.08. The first-order valence-corrected chi connectivity index (χ1v) is 11.7. The molecule has 1 aromatic carbocycles. The number of amides is 2. The smallest absolute Gasteiger partial charge is 0.257 e. The molecule has 0 spiro atoms. The van der Waals surface area contributed by atoms with Gasteiger partial charge in [-0.3, -0.25) is 9.59 Å². The van der Waals surface area contributed by atoms with Crippen LogP contribution >= 0.6 is 0 Å². The molecule has 0 N–H and O–H groups in total. The lowest BCUT2D eigenvalue weighted by atomic mass is 9.98. The number of nitriles is 1. The van der Waals surface area contributed by atoms with Gasteiger partial charge in [-0.15, -0.1) is 0 Å². The van der Waals surface area contributed by atoms with Gasteiger partial charge in [-0.2, -0.15) is 5.26 Å². The lowest BCUT2D eigenvalue weighted by molar-refractivity contribution is -0.147. The topological polar surface area (TPSA) is 101 Å². The van der Waals surface area contributed by atoms with Crippen molar-refractivity contribution in [1.82, 2.24) is 9.80 Å². The van der Waals surface area contributed by atoms with Gasteiger partial charge < -0.3 is 28.7 Å². The number of ether oxygens (including phenoxy) is 4. The fraction of sp³-hybridized carbons (Fsp3) is 0.640. The second-order valence-corrected chi connectivity index (χ2v) is 9.08. The highest BCUT2D eigenvalue weighted by molar-refractivity contribution is 5.97. The Kier molecular flexibility index (Phi) is 8.89. The quantitative estimate of drug-likeness (QED) is 0.648. The molecule has 0 saturated carbocycles. The molecule has 34 heavy (non-hydrogen) atoms. The van der Waals surface area contributed by atoms with Crippen LogP contribution in [0.25, 0.3) is 0 Å². The summed E-state index contributed by atoms with van der Waals surface area (Å²) in [6.45, 7) is 2.80. The van der Waals surface area contributed by atoms with Crippen LogP contribution in [0, 0.1) is 17.2 Å². The zero-order chi connectivity index (χ0) is 24.8. The Balaban J connectivity index is 1.96. The van der Waals surface area contributed by atoms with Crippen molar-refractivity contribution in [3.63, 3.8) is 0 Å². The SMILES string of the molecule is CO[C@H]1CN(C)C(=O)c2cc(C#N)ccc2OC[C@H]2O[C@@H](CC[C@@H]2OC)CCN(C)C(=O)[C@H]1C. The molecule has 2 heterocycles. The van der Waals surface area contributed by atoms with Gasteiger partial charge >= 0.3 is 0 Å². The molecule has 1 aromatic rings. The number of carbonyl (C=O) groups is 2. The van der Waals surface area contributed by atoms with Crippen LogP contribution in [0.1, 0.15) is 42.1 Å². The van der Waals surface area contributed by atoms with Crippen LogP contribution in [-0.2, 0) is 19.0 Å². The molecule has 0 aromatic heterocycles. The average Bonchev–Trinajstić information content (AvgIpc) is 2.86. The van der Waals surface area contributed by atoms with Crippen molar-refractivity contribution in [2.24, 2.45) is 5.92 Å². The third kappa shape index (κ3) is 5.87. The van der Waals surface area contributed by atoms with Gasteiger partial charge in [0.1, 0.15) is 18.5 Å². The first kappa shape index (κ1) is 25.9. The molecule has 0 radical (unpaired) electrons. The monoisotopic (exact) mass is 473 g/mol. The third-order valence-electron chi connectivity index (χ3n) is 6.81. The van der Waals surface area contributed by atoms with Gasteiger partial charge in [0.05, 0.1) is 41.4 Å². The zero-order valence-corrected chi connectivity index (χ0v) is 20.7. The summed E-state index contributed by atoms with van der Waals surface area (Å²) < 4.78 is 23.6. The Morgan fingerprint density at radius 2 is 1.79 bits per heavy atom. The van der Waals surface area contributed by atoms with Crippen LogP contribution in [0.3, 0.4) is 0 Å². The first-order chi connectivity index (χ1) is 16.3. The Labute approximate surface area is 201 Å². The Bertz CT molecular complexity index is 916. The van der Waals surface area contributed by atoms with E-state index in [2.05, 4.69) is 6.07 Å². The van der Waals surface area contributed by atoms with Crippen LogP contribution in [0.4, 0.5) is 0 Å². The molecule has 1 fully saturated rings. The van der Waals surface area contributed by atoms with E-state index in [4.69, 9.17) is 18.9 Å². The normalized spacial score (nSPS) is 29.2. The number of benzene rings is 1. The molecule has 2 aliphatic rings. The van der Waals surface area contributed by atoms with Crippen LogP contribution < -0.4 is 4.74 Å². The molecule has 1 saturated heterocycles. The predicted octanol–water partition coefficient (Wildman–Crippen LogP) is 2.08. The van der Waals surface area contributed by atoms with Crippen molar-refractivity contribution in [2.45, 2.75) is 50.6 Å². The van der Waals surface area contributed by atoms with Gasteiger partial charge in [-0.25, -0.2) is 0 Å². The van der Waals surface area contributed by atoms with Crippen LogP contribution in [0.5, 0.6) is 5.75 Å². The molecule has 3 rings (SSSR count). The number of carbonyl (C=O) groups excluding carboxylic acids is 2. The molecular formula is C25H35N3O6. The Hall–Kier alpha value is -2.67. The van der Waals surface area contributed by atoms with Crippen molar-refractivity contribution in [3.8, 4) is 11.8 Å². The summed E-state index contributed by atoms with van der Waals surface area (Å²) in [5, 5.41) is 9.36. The molecule has 2 aliphatic heterocycles. The van der Waals surface area contributed by atoms with E-state index in [9.17, 15) is 14.9 Å². The van der Waals surface area contributed by atoms with E-state index in [0.717, 1.165) is 12.8 Å². The number of likely N-dealkylation sites (N-methyl/N-ethyl adjacent to an activating group) is 1. The van der Waals surface area contributed by atoms with Crippen molar-refractivity contribution in [2.75, 3.05) is 48.0 Å². The Morgan fingerprint density at radius 3 is 2.47 bits per heavy atom. The summed E-state index contributed by atoms with van der Waals surface area (Å²) in [6.07, 6.45) is 1.40. The highest BCUT2D eigenvalue weighted by Gasteiger charge is 2.34. The fourth-order valence-corrected chi connectivity index (χ4v) is 4.58. The van der Waals surface area contributed by atoms with E-state index in [0.29, 0.717) is 24.3 Å². The van der Waals surface area contributed by atoms with Crippen LogP contribution in [0.2, 0.25) is 0 Å². The molecule has 5 atom stereocenters. The standard InChI is InChI=1S/C25H35N3O6/c1-16-22(32-5)14-28(3)25(30)19-12-17(13-26)6-8-20(19)33-15-23-21(31-4)9-7-18(34-23)10-11-27(2)24(16)29/h6,8,12,16,18,21-23H,7,9-11,14-15H2,1-5H3/t16-,18-,21-,22-,23+/m0/s1. The van der Waals surface area contributed by atoms with Crippen molar-refractivity contribution in [1.29, 1.82) is 5.26 Å². The largest absolute Gasteiger partial charge is 0.490 e. The number of hydrogen-bond acceptors (Lipinski definition) is 7. The predicted molar refractivity (Wildman–Crippen MR) is 125 cm³/mol. The number of fused-ring (bicyclic) bond motifs is 3. The minimum absolute atomic E-state index is 0.0233. The molecule has 2 amide bonds. The first-order valence-electron chi connectivity index (χ1n) is 11.7. The molecule has 0 aliphatic carbocycles. The van der Waals surface area contributed by atoms with Crippen LogP contribution in [-0.4, -0.2) is 94.0 Å². The van der Waals surface area contributed by atoms with Gasteiger partial charge in [-0.1, -0.05) is 6.92 Å². The van der Waals surface area contributed by atoms with Gasteiger partial charge in [0.2, 0.25) is 5.91 Å². The van der Waals surface area contributed by atoms with Crippen molar-refractivity contribution >= 4 is 11.8 Å². The molecular weight excluding hydrogens is 438 g/mol. The van der Waals surface area contributed by atoms with E-state index in [1.165, 1.54) is 18.1 Å². The van der Waals surface area contributed by atoms with Gasteiger partial charge in [-0.05, 0) is 37.5 Å².